The Morgan fingerprint density at radius 2 is 1.78 bits per heavy atom. The summed E-state index contributed by atoms with van der Waals surface area (Å²) in [5.74, 6) is -0.714. The van der Waals surface area contributed by atoms with Crippen LogP contribution >= 0.6 is 11.6 Å². The van der Waals surface area contributed by atoms with E-state index in [1.807, 2.05) is 32.0 Å². The van der Waals surface area contributed by atoms with Crippen molar-refractivity contribution < 1.29 is 19.1 Å². The number of fused-ring (bicyclic) bond motifs is 1. The molecule has 2 amide bonds. The molecule has 230 valence electrons. The molecule has 0 radical (unpaired) electrons. The maximum Gasteiger partial charge on any atom is 0.247 e. The van der Waals surface area contributed by atoms with Gasteiger partial charge in [-0.3, -0.25) is 14.3 Å². The van der Waals surface area contributed by atoms with Crippen molar-refractivity contribution in [3.63, 3.8) is 0 Å². The van der Waals surface area contributed by atoms with E-state index in [9.17, 15) is 14.7 Å². The van der Waals surface area contributed by atoms with Gasteiger partial charge in [-0.15, -0.1) is 0 Å². The van der Waals surface area contributed by atoms with Gasteiger partial charge in [0.2, 0.25) is 11.8 Å². The Morgan fingerprint density at radius 3 is 2.51 bits per heavy atom. The molecule has 1 saturated heterocycles. The van der Waals surface area contributed by atoms with Gasteiger partial charge in [0.25, 0.3) is 0 Å². The lowest BCUT2D eigenvalue weighted by Crippen LogP contribution is -2.47. The molecule has 6 rings (SSSR count). The first-order chi connectivity index (χ1) is 21.6. The summed E-state index contributed by atoms with van der Waals surface area (Å²) in [6.45, 7) is 5.19. The van der Waals surface area contributed by atoms with Gasteiger partial charge in [-0.25, -0.2) is 14.4 Å². The average molecular weight is 627 g/mol. The third kappa shape index (κ3) is 5.91. The molecule has 2 N–H and O–H groups in total. The molecular formula is C34H32ClFN6O3. The molecule has 11 heteroatoms. The highest BCUT2D eigenvalue weighted by atomic mass is 35.5. The van der Waals surface area contributed by atoms with Crippen LogP contribution in [0.4, 0.5) is 10.1 Å². The summed E-state index contributed by atoms with van der Waals surface area (Å²) >= 11 is 6.30. The predicted octanol–water partition coefficient (Wildman–Crippen LogP) is 6.33. The first-order valence-corrected chi connectivity index (χ1v) is 15.1. The first-order valence-electron chi connectivity index (χ1n) is 14.8. The average Bonchev–Trinajstić information content (AvgIpc) is 3.59. The van der Waals surface area contributed by atoms with Gasteiger partial charge < -0.3 is 15.3 Å². The molecule has 5 aromatic rings. The highest BCUT2D eigenvalue weighted by Gasteiger charge is 2.39. The summed E-state index contributed by atoms with van der Waals surface area (Å²) in [4.78, 5) is 37.4. The number of carbonyl (C=O) groups excluding carboxylic acids is 2. The monoisotopic (exact) mass is 626 g/mol. The zero-order valence-corrected chi connectivity index (χ0v) is 25.8. The Labute approximate surface area is 264 Å². The van der Waals surface area contributed by atoms with Crippen molar-refractivity contribution in [3.8, 4) is 22.3 Å². The molecule has 0 bridgehead atoms. The Bertz CT molecular complexity index is 1910. The third-order valence-electron chi connectivity index (χ3n) is 8.25. The van der Waals surface area contributed by atoms with E-state index in [1.165, 1.54) is 6.07 Å². The summed E-state index contributed by atoms with van der Waals surface area (Å²) < 4.78 is 17.1. The van der Waals surface area contributed by atoms with E-state index in [-0.39, 0.29) is 29.7 Å². The second-order valence-electron chi connectivity index (χ2n) is 11.3. The molecule has 2 aromatic heterocycles. The number of carbonyl (C=O) groups is 2. The molecule has 45 heavy (non-hydrogen) atoms. The molecule has 1 fully saturated rings. The highest BCUT2D eigenvalue weighted by Crippen LogP contribution is 2.34. The number of benzene rings is 3. The molecule has 9 nitrogen and oxygen atoms in total. The van der Waals surface area contributed by atoms with Gasteiger partial charge in [0, 0.05) is 45.5 Å². The third-order valence-corrected chi connectivity index (χ3v) is 8.58. The van der Waals surface area contributed by atoms with Crippen LogP contribution in [-0.2, 0) is 16.1 Å². The lowest BCUT2D eigenvalue weighted by molar-refractivity contribution is -0.139. The van der Waals surface area contributed by atoms with Crippen molar-refractivity contribution in [2.45, 2.75) is 58.3 Å². The smallest absolute Gasteiger partial charge is 0.247 e. The number of rotatable bonds is 7. The van der Waals surface area contributed by atoms with E-state index in [2.05, 4.69) is 20.4 Å². The second-order valence-corrected chi connectivity index (χ2v) is 11.8. The maximum absolute atomic E-state index is 15.6. The number of nitrogens with one attached hydrogen (secondary N) is 1. The fourth-order valence-electron chi connectivity index (χ4n) is 5.96. The van der Waals surface area contributed by atoms with Crippen LogP contribution in [0, 0.1) is 12.7 Å². The van der Waals surface area contributed by atoms with Crippen LogP contribution in [-0.4, -0.2) is 53.7 Å². The molecular weight excluding hydrogens is 595 g/mol. The molecule has 0 spiro atoms. The number of aryl methyl sites for hydroxylation is 1. The van der Waals surface area contributed by atoms with Crippen LogP contribution in [0.25, 0.3) is 33.2 Å². The Hall–Kier alpha value is -4.67. The minimum atomic E-state index is -0.881. The van der Waals surface area contributed by atoms with Gasteiger partial charge in [-0.1, -0.05) is 48.0 Å². The fourth-order valence-corrected chi connectivity index (χ4v) is 6.20. The Balaban J connectivity index is 1.25. The van der Waals surface area contributed by atoms with Gasteiger partial charge in [0.1, 0.15) is 18.4 Å². The van der Waals surface area contributed by atoms with Crippen LogP contribution in [0.3, 0.4) is 0 Å². The molecule has 3 heterocycles. The SMILES string of the molecule is Cc1ncc(-c2ccc3c(c2)c(C(C)O)nn3CC(=O)N2C(C)CCC2C(=O)Nc2cccc(-c3ccccc3Cl)c2F)cn1. The zero-order chi connectivity index (χ0) is 31.8. The Morgan fingerprint density at radius 1 is 1.04 bits per heavy atom. The van der Waals surface area contributed by atoms with Gasteiger partial charge in [0.15, 0.2) is 5.82 Å². The number of hydrogen-bond acceptors (Lipinski definition) is 6. The summed E-state index contributed by atoms with van der Waals surface area (Å²) in [7, 11) is 0. The molecule has 0 saturated carbocycles. The van der Waals surface area contributed by atoms with Crippen molar-refractivity contribution >= 4 is 40.0 Å². The van der Waals surface area contributed by atoms with Gasteiger partial charge in [-0.2, -0.15) is 5.10 Å². The first kappa shape index (κ1) is 30.4. The van der Waals surface area contributed by atoms with Crippen LogP contribution in [0.1, 0.15) is 44.3 Å². The predicted molar refractivity (Wildman–Crippen MR) is 171 cm³/mol. The molecule has 1 aliphatic rings. The molecule has 3 atom stereocenters. The van der Waals surface area contributed by atoms with Crippen molar-refractivity contribution in [2.75, 3.05) is 5.32 Å². The second kappa shape index (κ2) is 12.4. The van der Waals surface area contributed by atoms with E-state index in [0.29, 0.717) is 45.8 Å². The van der Waals surface area contributed by atoms with Crippen molar-refractivity contribution in [1.29, 1.82) is 0 Å². The summed E-state index contributed by atoms with van der Waals surface area (Å²) in [6.07, 6.45) is 3.64. The van der Waals surface area contributed by atoms with Crippen molar-refractivity contribution in [1.82, 2.24) is 24.6 Å². The summed E-state index contributed by atoms with van der Waals surface area (Å²) in [6, 6.07) is 16.3. The summed E-state index contributed by atoms with van der Waals surface area (Å²) in [5, 5.41) is 18.9. The van der Waals surface area contributed by atoms with Gasteiger partial charge in [-0.05, 0) is 63.4 Å². The maximum atomic E-state index is 15.6. The standard InChI is InChI=1S/C34H32ClFN6O3/c1-19-11-13-30(34(45)39-28-10-6-8-25(32(28)36)24-7-4-5-9-27(24)35)42(19)31(44)18-41-29-14-12-22(23-16-37-21(3)38-17-23)15-26(29)33(40-41)20(2)43/h4-10,12,14-17,19-20,30,43H,11,13,18H2,1-3H3,(H,39,45). The quantitative estimate of drug-likeness (QED) is 0.218. The van der Waals surface area contributed by atoms with Gasteiger partial charge in [0.05, 0.1) is 23.0 Å². The van der Waals surface area contributed by atoms with Crippen LogP contribution < -0.4 is 5.32 Å². The zero-order valence-electron chi connectivity index (χ0n) is 25.0. The van der Waals surface area contributed by atoms with Crippen LogP contribution in [0.15, 0.2) is 73.1 Å². The normalized spacial score (nSPS) is 17.1. The van der Waals surface area contributed by atoms with Crippen molar-refractivity contribution in [3.05, 3.63) is 95.4 Å². The fraction of sp³-hybridized carbons (Fsp3) is 0.265. The van der Waals surface area contributed by atoms with Gasteiger partial charge >= 0.3 is 0 Å². The molecule has 3 aromatic carbocycles. The Kier molecular flexibility index (Phi) is 8.35. The summed E-state index contributed by atoms with van der Waals surface area (Å²) in [5.41, 5.74) is 3.57. The minimum Gasteiger partial charge on any atom is -0.387 e. The topological polar surface area (TPSA) is 113 Å². The molecule has 0 aliphatic carbocycles. The van der Waals surface area contributed by atoms with E-state index >= 15 is 4.39 Å². The lowest BCUT2D eigenvalue weighted by atomic mass is 10.0. The minimum absolute atomic E-state index is 0.0128. The molecule has 3 unspecified atom stereocenters. The number of aromatic nitrogens is 4. The van der Waals surface area contributed by atoms with E-state index in [0.717, 1.165) is 11.1 Å². The van der Waals surface area contributed by atoms with E-state index in [1.54, 1.807) is 65.3 Å². The number of nitrogens with zero attached hydrogens (tertiary/aromatic N) is 5. The van der Waals surface area contributed by atoms with Crippen LogP contribution in [0.2, 0.25) is 5.02 Å². The number of hydrogen-bond donors (Lipinski definition) is 2. The van der Waals surface area contributed by atoms with Crippen molar-refractivity contribution in [2.24, 2.45) is 0 Å². The highest BCUT2D eigenvalue weighted by molar-refractivity contribution is 6.33. The van der Waals surface area contributed by atoms with E-state index < -0.39 is 23.9 Å². The lowest BCUT2D eigenvalue weighted by Gasteiger charge is -2.28. The number of likely N-dealkylation sites (tertiary alicyclic amines) is 1. The number of aliphatic hydroxyl groups excluding tert-OH is 1. The molecule has 1 aliphatic heterocycles. The van der Waals surface area contributed by atoms with Crippen LogP contribution in [0.5, 0.6) is 0 Å². The number of aliphatic hydroxyl groups is 1. The number of anilines is 1. The largest absolute Gasteiger partial charge is 0.387 e. The van der Waals surface area contributed by atoms with E-state index in [4.69, 9.17) is 11.6 Å². The number of amides is 2. The number of halogens is 2.